The van der Waals surface area contributed by atoms with Crippen LogP contribution in [0.25, 0.3) is 0 Å². The highest BCUT2D eigenvalue weighted by Gasteiger charge is 2.59. The van der Waals surface area contributed by atoms with Gasteiger partial charge in [-0.3, -0.25) is 43.6 Å². The van der Waals surface area contributed by atoms with Crippen molar-refractivity contribution in [3.05, 3.63) is 151 Å². The number of alkyl halides is 2. The Bertz CT molecular complexity index is 4390. The van der Waals surface area contributed by atoms with Gasteiger partial charge in [0.2, 0.25) is 25.4 Å². The molecule has 8 aliphatic rings. The molecule has 102 heavy (non-hydrogen) atoms. The van der Waals surface area contributed by atoms with Crippen LogP contribution in [0.4, 0.5) is 0 Å². The molecule has 8 heterocycles. The number of hydrogen-bond donors (Lipinski definition) is 3. The van der Waals surface area contributed by atoms with Gasteiger partial charge in [0.15, 0.2) is 46.0 Å². The number of likely N-dealkylation sites (N-methyl/N-ethyl adjacent to an activating group) is 2. The number of fused-ring (bicyclic) bond motifs is 18. The number of hydrogen-bond acceptors (Lipinski definition) is 21. The van der Waals surface area contributed by atoms with E-state index in [2.05, 4.69) is 48.4 Å². The molecule has 0 saturated carbocycles. The number of carbonyl (C=O) groups excluding carboxylic acids is 5. The number of nitrogens with zero attached hydrogens (tertiary/aromatic N) is 6. The summed E-state index contributed by atoms with van der Waals surface area (Å²) in [4.78, 5) is 73.7. The number of phenols is 1. The number of ether oxygens (including phenoxy) is 9. The Morgan fingerprint density at radius 2 is 0.971 bits per heavy atom. The topological polar surface area (TPSA) is 273 Å². The molecule has 14 rings (SSSR count). The van der Waals surface area contributed by atoms with Crippen molar-refractivity contribution in [3.8, 4) is 69.6 Å². The molecule has 2 fully saturated rings. The molecule has 2 amide bonds. The molecular formula is C77H84Cl2N8O15. The van der Waals surface area contributed by atoms with Gasteiger partial charge in [-0.05, 0) is 114 Å². The lowest BCUT2D eigenvalue weighted by molar-refractivity contribution is -0.133. The number of methoxy groups -OCH3 is 2. The Morgan fingerprint density at radius 1 is 0.559 bits per heavy atom. The lowest BCUT2D eigenvalue weighted by atomic mass is 9.71. The van der Waals surface area contributed by atoms with Gasteiger partial charge < -0.3 is 58.4 Å². The third kappa shape index (κ3) is 12.8. The fourth-order valence-corrected chi connectivity index (χ4v) is 17.4. The number of rotatable bonds is 17. The van der Waals surface area contributed by atoms with E-state index in [1.54, 1.807) is 21.1 Å². The molecule has 8 aliphatic heterocycles. The zero-order valence-electron chi connectivity index (χ0n) is 57.7. The van der Waals surface area contributed by atoms with Gasteiger partial charge in [0.05, 0.1) is 50.5 Å². The van der Waals surface area contributed by atoms with Gasteiger partial charge in [-0.15, -0.1) is 23.2 Å². The second-order valence-electron chi connectivity index (χ2n) is 26.9. The molecule has 2 unspecified atom stereocenters. The van der Waals surface area contributed by atoms with Crippen LogP contribution in [0.5, 0.6) is 57.5 Å². The van der Waals surface area contributed by atoms with E-state index in [-0.39, 0.29) is 100 Å². The smallest absolute Gasteiger partial charge is 0.326 e. The normalized spacial score (nSPS) is 22.8. The highest BCUT2D eigenvalue weighted by molar-refractivity contribution is 6.27. The number of esters is 3. The van der Waals surface area contributed by atoms with E-state index in [4.69, 9.17) is 65.8 Å². The SMILES string of the molecule is C.COc1c(C)cc2c(c1O)[C@@H]1C3Cc4c(OC(=O)CCl)c(C)c5c(c4[C@H](CNC(=O)CCc4ccccc4)N3[C@@H](C#N)[C@H](C2)N1C)OCO5.COc1c(C)cc2c(c1OC(C)=O)[C@@H]1C3Cc4c(OC(=O)CCl)c(C)c5c(c4[C@H](CNC(=O)CCc4ccccc4)N3[C@@H](C#N)[C@H](C2)N1C)OCO5. The van der Waals surface area contributed by atoms with E-state index in [1.165, 1.54) is 6.92 Å². The molecule has 25 heteroatoms. The summed E-state index contributed by atoms with van der Waals surface area (Å²) in [5.74, 6) is 1.17. The summed E-state index contributed by atoms with van der Waals surface area (Å²) in [6.45, 7) is 9.03. The summed E-state index contributed by atoms with van der Waals surface area (Å²) in [6, 6.07) is 24.6. The maximum atomic E-state index is 13.5. The Labute approximate surface area is 603 Å². The van der Waals surface area contributed by atoms with E-state index in [9.17, 15) is 39.6 Å². The van der Waals surface area contributed by atoms with Gasteiger partial charge in [0.1, 0.15) is 35.3 Å². The third-order valence-corrected chi connectivity index (χ3v) is 21.8. The van der Waals surface area contributed by atoms with Crippen molar-refractivity contribution in [1.29, 1.82) is 10.5 Å². The molecule has 0 radical (unpaired) electrons. The quantitative estimate of drug-likeness (QED) is 0.0435. The zero-order valence-corrected chi connectivity index (χ0v) is 59.2. The van der Waals surface area contributed by atoms with Gasteiger partial charge in [-0.2, -0.15) is 10.5 Å². The van der Waals surface area contributed by atoms with Crippen molar-refractivity contribution >= 4 is 52.9 Å². The summed E-state index contributed by atoms with van der Waals surface area (Å²) in [5.41, 5.74) is 11.2. The molecule has 4 bridgehead atoms. The summed E-state index contributed by atoms with van der Waals surface area (Å²) >= 11 is 11.9. The highest BCUT2D eigenvalue weighted by Crippen LogP contribution is 2.61. The minimum atomic E-state index is -0.630. The van der Waals surface area contributed by atoms with Crippen molar-refractivity contribution in [2.24, 2.45) is 0 Å². The van der Waals surface area contributed by atoms with Crippen LogP contribution < -0.4 is 53.3 Å². The maximum absolute atomic E-state index is 13.5. The van der Waals surface area contributed by atoms with Crippen molar-refractivity contribution < 1.29 is 71.7 Å². The molecule has 10 atom stereocenters. The largest absolute Gasteiger partial charge is 0.504 e. The van der Waals surface area contributed by atoms with E-state index < -0.39 is 54.2 Å². The molecule has 23 nitrogen and oxygen atoms in total. The second-order valence-corrected chi connectivity index (χ2v) is 27.4. The van der Waals surface area contributed by atoms with Crippen molar-refractivity contribution in [3.63, 3.8) is 0 Å². The number of nitriles is 2. The first-order valence-corrected chi connectivity index (χ1v) is 34.9. The average molecular weight is 1430 g/mol. The van der Waals surface area contributed by atoms with Gasteiger partial charge >= 0.3 is 17.9 Å². The zero-order chi connectivity index (χ0) is 71.4. The molecule has 6 aromatic carbocycles. The van der Waals surface area contributed by atoms with Gasteiger partial charge in [-0.25, -0.2) is 0 Å². The van der Waals surface area contributed by atoms with Crippen LogP contribution in [-0.2, 0) is 62.5 Å². The molecule has 2 saturated heterocycles. The van der Waals surface area contributed by atoms with Crippen LogP contribution in [0, 0.1) is 50.4 Å². The van der Waals surface area contributed by atoms with Crippen LogP contribution in [0.2, 0.25) is 0 Å². The number of amides is 2. The number of halogens is 2. The Morgan fingerprint density at radius 3 is 1.38 bits per heavy atom. The summed E-state index contributed by atoms with van der Waals surface area (Å²) in [7, 11) is 7.06. The first kappa shape index (κ1) is 72.5. The lowest BCUT2D eigenvalue weighted by Gasteiger charge is -2.60. The highest BCUT2D eigenvalue weighted by atomic mass is 35.5. The second kappa shape index (κ2) is 29.9. The number of nitrogens with one attached hydrogen (secondary N) is 2. The molecule has 0 aromatic heterocycles. The van der Waals surface area contributed by atoms with E-state index in [0.717, 1.165) is 50.1 Å². The fourth-order valence-electron chi connectivity index (χ4n) is 17.2. The molecular weight excluding hydrogens is 1350 g/mol. The van der Waals surface area contributed by atoms with Crippen LogP contribution in [-0.4, -0.2) is 157 Å². The number of piperazine rings is 2. The lowest BCUT2D eigenvalue weighted by Crippen LogP contribution is -2.68. The molecule has 0 aliphatic carbocycles. The van der Waals surface area contributed by atoms with Crippen molar-refractivity contribution in [1.82, 2.24) is 30.2 Å². The summed E-state index contributed by atoms with van der Waals surface area (Å²) in [5, 5.41) is 39.9. The Kier molecular flexibility index (Phi) is 21.3. The fraction of sp³-hybridized carbons (Fsp3) is 0.442. The number of aryl methyl sites for hydroxylation is 4. The van der Waals surface area contributed by atoms with Crippen LogP contribution in [0.1, 0.15) is 129 Å². The van der Waals surface area contributed by atoms with Crippen LogP contribution in [0.15, 0.2) is 72.8 Å². The maximum Gasteiger partial charge on any atom is 0.326 e. The Hall–Kier alpha value is -9.33. The van der Waals surface area contributed by atoms with Gasteiger partial charge in [-0.1, -0.05) is 80.2 Å². The predicted octanol–water partition coefficient (Wildman–Crippen LogP) is 9.68. The number of aromatic hydroxyl groups is 1. The van der Waals surface area contributed by atoms with Gasteiger partial charge in [0.25, 0.3) is 0 Å². The van der Waals surface area contributed by atoms with E-state index >= 15 is 0 Å². The predicted molar refractivity (Wildman–Crippen MR) is 377 cm³/mol. The number of carbonyl (C=O) groups is 5. The minimum Gasteiger partial charge on any atom is -0.504 e. The van der Waals surface area contributed by atoms with Crippen molar-refractivity contribution in [2.45, 2.75) is 154 Å². The molecule has 536 valence electrons. The summed E-state index contributed by atoms with van der Waals surface area (Å²) in [6.07, 6.45) is 3.43. The van der Waals surface area contributed by atoms with Crippen molar-refractivity contribution in [2.75, 3.05) is 66.8 Å². The molecule has 3 N–H and O–H groups in total. The van der Waals surface area contributed by atoms with Crippen LogP contribution >= 0.6 is 23.2 Å². The summed E-state index contributed by atoms with van der Waals surface area (Å²) < 4.78 is 53.4. The minimum absolute atomic E-state index is 0. The van der Waals surface area contributed by atoms with Crippen LogP contribution in [0.3, 0.4) is 0 Å². The molecule has 6 aromatic rings. The average Bonchev–Trinajstić information content (AvgIpc) is 0.900. The number of phenolic OH excluding ortho intramolecular Hbond substituents is 1. The monoisotopic (exact) mass is 1430 g/mol. The standard InChI is InChI=1S/C39H41ClN4O8.C37H39ClN4O7.CH4/c1-20-13-24-14-26-28(17-41)44-27(34(43(26)4)32(24)39(35(20)48-5)51-22(3)45)15-25-33(29(44)18-42-30(46)12-11-23-9-7-6-8-10-23)38-37(49-19-50-38)21(2)36(25)52-31(47)16-40;1-19-12-22-13-24-26(16-39)42-25(32(41(24)3)30(22)33(45)34(19)46-4)14-23-31(27(42)17-40-28(43)11-10-21-8-6-5-7-9-21)37-36(47-18-48-37)20(2)35(23)49-29(44)15-38;/h6-10,13,26-29,34H,11-12,14-16,18-19H2,1-5H3,(H,42,46);5-9,12,24-27,32,45H,10-11,13-15,17-18H2,1-4H3,(H,40,43);1H4/t26-,27?,28-,29-,34-;24-,25?,26-,27-,32-;/m00./s1. The van der Waals surface area contributed by atoms with E-state index in [1.807, 2.05) is 102 Å². The first-order valence-electron chi connectivity index (χ1n) is 33.9. The van der Waals surface area contributed by atoms with Gasteiger partial charge in [0, 0.05) is 102 Å². The first-order chi connectivity index (χ1) is 48.7. The van der Waals surface area contributed by atoms with E-state index in [0.29, 0.717) is 118 Å². The third-order valence-electron chi connectivity index (χ3n) is 21.4. The molecule has 0 spiro atoms. The Balaban J connectivity index is 0.000000191. The number of benzene rings is 6.